The number of carbonyl (C=O) groups is 5. The van der Waals surface area contributed by atoms with E-state index in [0.717, 1.165) is 0 Å². The Morgan fingerprint density at radius 1 is 1.00 bits per heavy atom. The summed E-state index contributed by atoms with van der Waals surface area (Å²) in [7, 11) is 0. The van der Waals surface area contributed by atoms with Crippen molar-refractivity contribution >= 4 is 29.6 Å². The first-order valence-electron chi connectivity index (χ1n) is 11.8. The van der Waals surface area contributed by atoms with E-state index in [9.17, 15) is 29.1 Å². The van der Waals surface area contributed by atoms with Crippen molar-refractivity contribution in [3.05, 3.63) is 18.2 Å². The van der Waals surface area contributed by atoms with Gasteiger partial charge in [-0.3, -0.25) is 19.2 Å². The number of nitrogens with two attached hydrogens (primary N) is 3. The minimum Gasteiger partial charge on any atom is -0.480 e. The van der Waals surface area contributed by atoms with Crippen molar-refractivity contribution in [2.24, 2.45) is 23.1 Å². The third-order valence-electron chi connectivity index (χ3n) is 5.27. The Morgan fingerprint density at radius 2 is 1.61 bits per heavy atom. The molecule has 14 heteroatoms. The van der Waals surface area contributed by atoms with E-state index in [1.165, 1.54) is 12.5 Å². The maximum atomic E-state index is 13.0. The van der Waals surface area contributed by atoms with Gasteiger partial charge in [0.1, 0.15) is 18.1 Å². The van der Waals surface area contributed by atoms with Gasteiger partial charge in [0.25, 0.3) is 0 Å². The Morgan fingerprint density at radius 3 is 2.14 bits per heavy atom. The molecule has 0 aliphatic carbocycles. The molecule has 1 heterocycles. The Kier molecular flexibility index (Phi) is 13.1. The highest BCUT2D eigenvalue weighted by Gasteiger charge is 2.31. The lowest BCUT2D eigenvalue weighted by atomic mass is 10.0. The molecule has 0 bridgehead atoms. The van der Waals surface area contributed by atoms with E-state index < -0.39 is 60.2 Å². The molecule has 36 heavy (non-hydrogen) atoms. The second kappa shape index (κ2) is 15.5. The second-order valence-corrected chi connectivity index (χ2v) is 8.99. The van der Waals surface area contributed by atoms with Gasteiger partial charge in [-0.25, -0.2) is 9.78 Å². The minimum atomic E-state index is -1.46. The first kappa shape index (κ1) is 30.5. The molecule has 0 fully saturated rings. The van der Waals surface area contributed by atoms with Gasteiger partial charge in [-0.1, -0.05) is 13.8 Å². The van der Waals surface area contributed by atoms with Crippen LogP contribution in [0.25, 0.3) is 0 Å². The van der Waals surface area contributed by atoms with E-state index in [4.69, 9.17) is 17.2 Å². The molecule has 0 saturated heterocycles. The number of hydrogen-bond donors (Lipinski definition) is 8. The normalized spacial score (nSPS) is 14.4. The number of aromatic amines is 1. The molecule has 0 aliphatic rings. The highest BCUT2D eigenvalue weighted by atomic mass is 16.4. The van der Waals surface area contributed by atoms with Crippen molar-refractivity contribution in [2.45, 2.75) is 76.5 Å². The summed E-state index contributed by atoms with van der Waals surface area (Å²) in [5.74, 6) is -4.25. The summed E-state index contributed by atoms with van der Waals surface area (Å²) in [5.41, 5.74) is 17.2. The number of carbonyl (C=O) groups excluding carboxylic acids is 4. The molecule has 1 rings (SSSR count). The van der Waals surface area contributed by atoms with Gasteiger partial charge >= 0.3 is 5.97 Å². The van der Waals surface area contributed by atoms with E-state index in [2.05, 4.69) is 25.9 Å². The number of amides is 4. The van der Waals surface area contributed by atoms with Gasteiger partial charge in [0.15, 0.2) is 0 Å². The Labute approximate surface area is 209 Å². The first-order chi connectivity index (χ1) is 16.9. The average molecular weight is 511 g/mol. The molecule has 0 aliphatic heterocycles. The summed E-state index contributed by atoms with van der Waals surface area (Å²) >= 11 is 0. The predicted molar refractivity (Wildman–Crippen MR) is 130 cm³/mol. The summed E-state index contributed by atoms with van der Waals surface area (Å²) in [6.07, 6.45) is 3.80. The summed E-state index contributed by atoms with van der Waals surface area (Å²) in [6.45, 7) is 4.19. The number of aliphatic carboxylic acids is 1. The van der Waals surface area contributed by atoms with Gasteiger partial charge < -0.3 is 43.2 Å². The van der Waals surface area contributed by atoms with Crippen LogP contribution in [0.15, 0.2) is 12.5 Å². The van der Waals surface area contributed by atoms with Gasteiger partial charge in [-0.05, 0) is 38.1 Å². The summed E-state index contributed by atoms with van der Waals surface area (Å²) in [6, 6.07) is -4.71. The molecule has 14 nitrogen and oxygen atoms in total. The molecule has 4 unspecified atom stereocenters. The molecule has 4 atom stereocenters. The van der Waals surface area contributed by atoms with Crippen molar-refractivity contribution in [1.29, 1.82) is 0 Å². The molecule has 202 valence electrons. The Bertz CT molecular complexity index is 876. The quantitative estimate of drug-likeness (QED) is 0.106. The molecule has 11 N–H and O–H groups in total. The topological polar surface area (TPSA) is 248 Å². The second-order valence-electron chi connectivity index (χ2n) is 8.99. The largest absolute Gasteiger partial charge is 0.480 e. The molecule has 0 aromatic carbocycles. The standard InChI is InChI=1S/C22H38N8O6/c1-12(2)7-14(24)19(32)28-15(5-3-4-6-23)20(33)29-16(9-18(25)31)21(34)30-17(22(35)36)8-13-10-26-11-27-13/h10-12,14-17H,3-9,23-24H2,1-2H3,(H2,25,31)(H,26,27)(H,28,32)(H,29,33)(H,30,34)(H,35,36). The lowest BCUT2D eigenvalue weighted by Gasteiger charge is -2.25. The van der Waals surface area contributed by atoms with Crippen LogP contribution in [0.4, 0.5) is 0 Å². The van der Waals surface area contributed by atoms with Gasteiger partial charge in [-0.2, -0.15) is 0 Å². The Balaban J connectivity index is 2.98. The number of unbranched alkanes of at least 4 members (excludes halogenated alkanes) is 1. The number of imidazole rings is 1. The first-order valence-corrected chi connectivity index (χ1v) is 11.8. The Hall–Kier alpha value is -3.52. The van der Waals surface area contributed by atoms with Crippen LogP contribution in [0.5, 0.6) is 0 Å². The molecule has 4 amide bonds. The number of nitrogens with zero attached hydrogens (tertiary/aromatic N) is 1. The van der Waals surface area contributed by atoms with Crippen molar-refractivity contribution in [1.82, 2.24) is 25.9 Å². The van der Waals surface area contributed by atoms with E-state index in [0.29, 0.717) is 31.5 Å². The molecule has 0 radical (unpaired) electrons. The van der Waals surface area contributed by atoms with Crippen LogP contribution in [0.3, 0.4) is 0 Å². The number of H-pyrrole nitrogens is 1. The number of carboxylic acids is 1. The highest BCUT2D eigenvalue weighted by molar-refractivity contribution is 5.96. The SMILES string of the molecule is CC(C)CC(N)C(=O)NC(CCCCN)C(=O)NC(CC(N)=O)C(=O)NC(Cc1cnc[nH]1)C(=O)O. The minimum absolute atomic E-state index is 0.107. The van der Waals surface area contributed by atoms with Gasteiger partial charge in [-0.15, -0.1) is 0 Å². The van der Waals surface area contributed by atoms with Crippen molar-refractivity contribution < 1.29 is 29.1 Å². The lowest BCUT2D eigenvalue weighted by molar-refractivity contribution is -0.142. The van der Waals surface area contributed by atoms with Crippen LogP contribution in [-0.4, -0.2) is 75.4 Å². The maximum absolute atomic E-state index is 13.0. The number of hydrogen-bond acceptors (Lipinski definition) is 8. The maximum Gasteiger partial charge on any atom is 0.326 e. The fourth-order valence-corrected chi connectivity index (χ4v) is 3.43. The van der Waals surface area contributed by atoms with E-state index >= 15 is 0 Å². The number of primary amides is 1. The monoisotopic (exact) mass is 510 g/mol. The van der Waals surface area contributed by atoms with Gasteiger partial charge in [0.05, 0.1) is 18.8 Å². The predicted octanol–water partition coefficient (Wildman–Crippen LogP) is -2.13. The number of aromatic nitrogens is 2. The number of nitrogens with one attached hydrogen (secondary N) is 4. The molecular weight excluding hydrogens is 472 g/mol. The smallest absolute Gasteiger partial charge is 0.326 e. The molecule has 1 aromatic rings. The molecule has 0 spiro atoms. The highest BCUT2D eigenvalue weighted by Crippen LogP contribution is 2.07. The van der Waals surface area contributed by atoms with Crippen LogP contribution in [0.1, 0.15) is 51.6 Å². The third kappa shape index (κ3) is 11.3. The van der Waals surface area contributed by atoms with E-state index in [1.54, 1.807) is 0 Å². The van der Waals surface area contributed by atoms with Crippen LogP contribution in [0.2, 0.25) is 0 Å². The van der Waals surface area contributed by atoms with Crippen molar-refractivity contribution in [3.63, 3.8) is 0 Å². The van der Waals surface area contributed by atoms with Crippen molar-refractivity contribution in [2.75, 3.05) is 6.54 Å². The number of carboxylic acid groups (broad SMARTS) is 1. The van der Waals surface area contributed by atoms with Crippen LogP contribution in [0, 0.1) is 5.92 Å². The average Bonchev–Trinajstić information content (AvgIpc) is 3.29. The summed E-state index contributed by atoms with van der Waals surface area (Å²) < 4.78 is 0. The lowest BCUT2D eigenvalue weighted by Crippen LogP contribution is -2.58. The molecule has 0 saturated carbocycles. The van der Waals surface area contributed by atoms with Crippen molar-refractivity contribution in [3.8, 4) is 0 Å². The zero-order valence-electron chi connectivity index (χ0n) is 20.7. The summed E-state index contributed by atoms with van der Waals surface area (Å²) in [4.78, 5) is 68.2. The van der Waals surface area contributed by atoms with Gasteiger partial charge in [0.2, 0.25) is 23.6 Å². The fourth-order valence-electron chi connectivity index (χ4n) is 3.43. The summed E-state index contributed by atoms with van der Waals surface area (Å²) in [5, 5.41) is 16.8. The zero-order valence-corrected chi connectivity index (χ0v) is 20.7. The molecule has 1 aromatic heterocycles. The van der Waals surface area contributed by atoms with Gasteiger partial charge in [0, 0.05) is 18.3 Å². The van der Waals surface area contributed by atoms with E-state index in [-0.39, 0.29) is 18.8 Å². The fraction of sp³-hybridized carbons (Fsp3) is 0.636. The van der Waals surface area contributed by atoms with E-state index in [1.807, 2.05) is 13.8 Å². The van der Waals surface area contributed by atoms with Crippen LogP contribution < -0.4 is 33.2 Å². The number of rotatable bonds is 17. The van der Waals surface area contributed by atoms with Crippen LogP contribution >= 0.6 is 0 Å². The van der Waals surface area contributed by atoms with Crippen LogP contribution in [-0.2, 0) is 30.4 Å². The zero-order chi connectivity index (χ0) is 27.3. The molecular formula is C22H38N8O6. The third-order valence-corrected chi connectivity index (χ3v) is 5.27.